The van der Waals surface area contributed by atoms with Crippen LogP contribution in [0, 0.1) is 13.8 Å². The highest BCUT2D eigenvalue weighted by atomic mass is 16.5. The second-order valence-corrected chi connectivity index (χ2v) is 6.38. The Hall–Kier alpha value is -2.33. The minimum absolute atomic E-state index is 0.313. The maximum absolute atomic E-state index is 11.9. The highest BCUT2D eigenvalue weighted by Crippen LogP contribution is 2.19. The van der Waals surface area contributed by atoms with Gasteiger partial charge in [0.1, 0.15) is 30.3 Å². The van der Waals surface area contributed by atoms with Crippen molar-refractivity contribution < 1.29 is 19.4 Å². The Labute approximate surface area is 143 Å². The van der Waals surface area contributed by atoms with Crippen LogP contribution in [0.2, 0.25) is 0 Å². The van der Waals surface area contributed by atoms with Gasteiger partial charge in [-0.25, -0.2) is 0 Å². The van der Waals surface area contributed by atoms with Gasteiger partial charge in [-0.05, 0) is 63.6 Å². The molecule has 2 rings (SSSR count). The lowest BCUT2D eigenvalue weighted by Crippen LogP contribution is -2.30. The van der Waals surface area contributed by atoms with Crippen molar-refractivity contribution in [3.63, 3.8) is 0 Å². The summed E-state index contributed by atoms with van der Waals surface area (Å²) in [5.41, 5.74) is 1.39. The Balaban J connectivity index is 1.83. The van der Waals surface area contributed by atoms with E-state index in [0.717, 1.165) is 11.3 Å². The lowest BCUT2D eigenvalue weighted by Gasteiger charge is -2.15. The standard InChI is InChI=1S/C20H24O4/c1-14-5-10-18(15(2)13-14)24-12-11-23-17-8-6-16(7-9-17)19(21)20(3,4)22/h5-10,13,22H,11-12H2,1-4H3. The van der Waals surface area contributed by atoms with E-state index in [2.05, 4.69) is 6.07 Å². The molecule has 0 amide bonds. The third-order valence-electron chi connectivity index (χ3n) is 3.61. The molecule has 0 aliphatic heterocycles. The number of ether oxygens (including phenoxy) is 2. The van der Waals surface area contributed by atoms with E-state index in [1.54, 1.807) is 24.3 Å². The van der Waals surface area contributed by atoms with E-state index in [9.17, 15) is 9.90 Å². The number of Topliss-reactive ketones (excluding diaryl/α,β-unsaturated/α-hetero) is 1. The molecule has 0 aliphatic carbocycles. The molecule has 0 unspecified atom stereocenters. The van der Waals surface area contributed by atoms with E-state index in [1.807, 2.05) is 26.0 Å². The molecule has 0 fully saturated rings. The Bertz CT molecular complexity index is 697. The first-order chi connectivity index (χ1) is 11.3. The molecule has 0 heterocycles. The molecular formula is C20H24O4. The number of aliphatic hydroxyl groups is 1. The highest BCUT2D eigenvalue weighted by molar-refractivity contribution is 6.01. The van der Waals surface area contributed by atoms with Crippen LogP contribution in [0.15, 0.2) is 42.5 Å². The SMILES string of the molecule is Cc1ccc(OCCOc2ccc(C(=O)C(C)(C)O)cc2)c(C)c1. The van der Waals surface area contributed by atoms with Gasteiger partial charge >= 0.3 is 0 Å². The van der Waals surface area contributed by atoms with E-state index >= 15 is 0 Å². The molecule has 4 nitrogen and oxygen atoms in total. The number of aryl methyl sites for hydroxylation is 2. The van der Waals surface area contributed by atoms with E-state index < -0.39 is 5.60 Å². The zero-order valence-corrected chi connectivity index (χ0v) is 14.6. The van der Waals surface area contributed by atoms with E-state index in [1.165, 1.54) is 19.4 Å². The van der Waals surface area contributed by atoms with Gasteiger partial charge < -0.3 is 14.6 Å². The predicted octanol–water partition coefficient (Wildman–Crippen LogP) is 3.71. The summed E-state index contributed by atoms with van der Waals surface area (Å²) in [5, 5.41) is 9.73. The zero-order chi connectivity index (χ0) is 17.7. The fraction of sp³-hybridized carbons (Fsp3) is 0.350. The Morgan fingerprint density at radius 2 is 1.62 bits per heavy atom. The number of hydrogen-bond acceptors (Lipinski definition) is 4. The predicted molar refractivity (Wildman–Crippen MR) is 94.0 cm³/mol. The van der Waals surface area contributed by atoms with Crippen LogP contribution in [0.1, 0.15) is 35.3 Å². The number of carbonyl (C=O) groups is 1. The molecular weight excluding hydrogens is 304 g/mol. The summed E-state index contributed by atoms with van der Waals surface area (Å²) in [6.45, 7) is 7.86. The topological polar surface area (TPSA) is 55.8 Å². The zero-order valence-electron chi connectivity index (χ0n) is 14.6. The van der Waals surface area contributed by atoms with Crippen LogP contribution in [-0.4, -0.2) is 29.7 Å². The maximum atomic E-state index is 11.9. The first-order valence-electron chi connectivity index (χ1n) is 7.97. The summed E-state index contributed by atoms with van der Waals surface area (Å²) in [5.74, 6) is 1.20. The molecule has 0 atom stereocenters. The van der Waals surface area contributed by atoms with Crippen molar-refractivity contribution in [1.82, 2.24) is 0 Å². The van der Waals surface area contributed by atoms with Gasteiger partial charge in [0.2, 0.25) is 0 Å². The summed E-state index contributed by atoms with van der Waals surface area (Å²) < 4.78 is 11.3. The summed E-state index contributed by atoms with van der Waals surface area (Å²) >= 11 is 0. The molecule has 0 bridgehead atoms. The van der Waals surface area contributed by atoms with Gasteiger partial charge in [0.15, 0.2) is 5.78 Å². The molecule has 0 aromatic heterocycles. The quantitative estimate of drug-likeness (QED) is 0.622. The molecule has 0 radical (unpaired) electrons. The van der Waals surface area contributed by atoms with Crippen LogP contribution in [0.5, 0.6) is 11.5 Å². The van der Waals surface area contributed by atoms with E-state index in [0.29, 0.717) is 24.5 Å². The Morgan fingerprint density at radius 3 is 2.21 bits per heavy atom. The van der Waals surface area contributed by atoms with E-state index in [-0.39, 0.29) is 5.78 Å². The summed E-state index contributed by atoms with van der Waals surface area (Å²) in [4.78, 5) is 11.9. The number of carbonyl (C=O) groups excluding carboxylic acids is 1. The molecule has 24 heavy (non-hydrogen) atoms. The fourth-order valence-electron chi connectivity index (χ4n) is 2.33. The monoisotopic (exact) mass is 328 g/mol. The smallest absolute Gasteiger partial charge is 0.193 e. The third kappa shape index (κ3) is 4.83. The lowest BCUT2D eigenvalue weighted by molar-refractivity contribution is 0.0488. The van der Waals surface area contributed by atoms with Gasteiger partial charge in [-0.2, -0.15) is 0 Å². The van der Waals surface area contributed by atoms with Crippen molar-refractivity contribution in [3.8, 4) is 11.5 Å². The van der Waals surface area contributed by atoms with Gasteiger partial charge in [-0.15, -0.1) is 0 Å². The first-order valence-corrected chi connectivity index (χ1v) is 7.97. The molecule has 2 aromatic carbocycles. The van der Waals surface area contributed by atoms with Gasteiger partial charge in [0.05, 0.1) is 0 Å². The summed E-state index contributed by atoms with van der Waals surface area (Å²) in [6, 6.07) is 12.8. The Morgan fingerprint density at radius 1 is 1.00 bits per heavy atom. The van der Waals surface area contributed by atoms with Crippen molar-refractivity contribution in [1.29, 1.82) is 0 Å². The second-order valence-electron chi connectivity index (χ2n) is 6.38. The highest BCUT2D eigenvalue weighted by Gasteiger charge is 2.24. The first kappa shape index (κ1) is 18.0. The molecule has 0 saturated carbocycles. The van der Waals surface area contributed by atoms with Crippen molar-refractivity contribution >= 4 is 5.78 Å². The summed E-state index contributed by atoms with van der Waals surface area (Å²) in [7, 11) is 0. The molecule has 0 saturated heterocycles. The molecule has 2 aromatic rings. The molecule has 1 N–H and O–H groups in total. The summed E-state index contributed by atoms with van der Waals surface area (Å²) in [6.07, 6.45) is 0. The van der Waals surface area contributed by atoms with Crippen LogP contribution >= 0.6 is 0 Å². The van der Waals surface area contributed by atoms with Gasteiger partial charge in [0.25, 0.3) is 0 Å². The second kappa shape index (κ2) is 7.49. The largest absolute Gasteiger partial charge is 0.490 e. The van der Waals surface area contributed by atoms with Gasteiger partial charge in [-0.3, -0.25) is 4.79 Å². The van der Waals surface area contributed by atoms with Crippen molar-refractivity contribution in [2.45, 2.75) is 33.3 Å². The fourth-order valence-corrected chi connectivity index (χ4v) is 2.33. The average Bonchev–Trinajstić information content (AvgIpc) is 2.52. The molecule has 0 aliphatic rings. The molecule has 0 spiro atoms. The molecule has 4 heteroatoms. The maximum Gasteiger partial charge on any atom is 0.193 e. The number of rotatable bonds is 7. The third-order valence-corrected chi connectivity index (χ3v) is 3.61. The van der Waals surface area contributed by atoms with Crippen molar-refractivity contribution in [3.05, 3.63) is 59.2 Å². The average molecular weight is 328 g/mol. The van der Waals surface area contributed by atoms with Crippen LogP contribution in [0.3, 0.4) is 0 Å². The van der Waals surface area contributed by atoms with Crippen molar-refractivity contribution in [2.24, 2.45) is 0 Å². The van der Waals surface area contributed by atoms with Crippen LogP contribution < -0.4 is 9.47 Å². The Kier molecular flexibility index (Phi) is 5.62. The van der Waals surface area contributed by atoms with E-state index in [4.69, 9.17) is 9.47 Å². The lowest BCUT2D eigenvalue weighted by atomic mass is 9.97. The minimum atomic E-state index is -1.37. The number of ketones is 1. The van der Waals surface area contributed by atoms with Gasteiger partial charge in [-0.1, -0.05) is 17.7 Å². The van der Waals surface area contributed by atoms with Crippen LogP contribution in [-0.2, 0) is 0 Å². The van der Waals surface area contributed by atoms with Crippen LogP contribution in [0.4, 0.5) is 0 Å². The normalized spacial score (nSPS) is 11.2. The minimum Gasteiger partial charge on any atom is -0.490 e. The number of benzene rings is 2. The van der Waals surface area contributed by atoms with Gasteiger partial charge in [0, 0.05) is 5.56 Å². The number of hydrogen-bond donors (Lipinski definition) is 1. The molecule has 128 valence electrons. The van der Waals surface area contributed by atoms with Crippen molar-refractivity contribution in [2.75, 3.05) is 13.2 Å². The van der Waals surface area contributed by atoms with Crippen LogP contribution in [0.25, 0.3) is 0 Å².